The van der Waals surface area contributed by atoms with Crippen molar-refractivity contribution in [2.75, 3.05) is 23.7 Å². The second-order valence-electron chi connectivity index (χ2n) is 5.69. The molecule has 0 saturated carbocycles. The van der Waals surface area contributed by atoms with E-state index in [1.807, 2.05) is 13.0 Å². The topological polar surface area (TPSA) is 96.8 Å². The summed E-state index contributed by atoms with van der Waals surface area (Å²) >= 11 is 0. The number of carbonyl (C=O) groups excluding carboxylic acids is 1. The minimum atomic E-state index is -1.65. The van der Waals surface area contributed by atoms with E-state index in [1.54, 1.807) is 16.9 Å². The van der Waals surface area contributed by atoms with E-state index >= 15 is 0 Å². The summed E-state index contributed by atoms with van der Waals surface area (Å²) in [7, 11) is 0. The van der Waals surface area contributed by atoms with Crippen molar-refractivity contribution in [2.45, 2.75) is 6.92 Å². The molecule has 1 aromatic carbocycles. The molecule has 0 fully saturated rings. The maximum absolute atomic E-state index is 13.5. The molecule has 3 N–H and O–H groups in total. The smallest absolute Gasteiger partial charge is 0.319 e. The van der Waals surface area contributed by atoms with Gasteiger partial charge in [0.15, 0.2) is 23.3 Å². The van der Waals surface area contributed by atoms with E-state index in [0.717, 1.165) is 17.8 Å². The number of aromatic nitrogens is 4. The molecule has 2 heterocycles. The van der Waals surface area contributed by atoms with Crippen LogP contribution in [-0.4, -0.2) is 38.9 Å². The number of hydrogen-bond donors (Lipinski definition) is 3. The highest BCUT2D eigenvalue weighted by Gasteiger charge is 2.14. The Hall–Kier alpha value is -3.63. The van der Waals surface area contributed by atoms with Crippen LogP contribution in [-0.2, 0) is 0 Å². The molecule has 8 nitrogen and oxygen atoms in total. The van der Waals surface area contributed by atoms with Gasteiger partial charge in [-0.05, 0) is 25.1 Å². The van der Waals surface area contributed by atoms with Crippen LogP contribution in [0.3, 0.4) is 0 Å². The lowest BCUT2D eigenvalue weighted by molar-refractivity contribution is 0.252. The molecule has 2 amide bonds. The minimum absolute atomic E-state index is 0.164. The number of urea groups is 1. The molecule has 0 aliphatic heterocycles. The zero-order valence-corrected chi connectivity index (χ0v) is 14.7. The number of halogens is 3. The van der Waals surface area contributed by atoms with E-state index in [0.29, 0.717) is 18.2 Å². The van der Waals surface area contributed by atoms with E-state index in [9.17, 15) is 18.0 Å². The Bertz CT molecular complexity index is 993. The number of rotatable bonds is 6. The molecule has 0 aliphatic rings. The Morgan fingerprint density at radius 1 is 1.11 bits per heavy atom. The largest absolute Gasteiger partial charge is 0.368 e. The standard InChI is InChI=1S/C17H16F3N7O/c1-10-4-7-27(26-10)14-8-13(23-9-24-14)21-5-6-22-17(28)25-12-3-2-11(18)15(19)16(12)20/h2-4,7-9H,5-6H2,1H3,(H,21,23,24)(H2,22,25,28). The molecule has 3 aromatic rings. The van der Waals surface area contributed by atoms with Gasteiger partial charge >= 0.3 is 6.03 Å². The van der Waals surface area contributed by atoms with Crippen LogP contribution < -0.4 is 16.0 Å². The van der Waals surface area contributed by atoms with Gasteiger partial charge in [0.25, 0.3) is 0 Å². The van der Waals surface area contributed by atoms with Gasteiger partial charge in [-0.1, -0.05) is 0 Å². The average molecular weight is 391 g/mol. The lowest BCUT2D eigenvalue weighted by Gasteiger charge is -2.10. The first-order chi connectivity index (χ1) is 13.4. The van der Waals surface area contributed by atoms with Crippen LogP contribution in [0.1, 0.15) is 5.69 Å². The molecule has 0 aliphatic carbocycles. The molecule has 0 atom stereocenters. The van der Waals surface area contributed by atoms with Crippen molar-refractivity contribution in [3.63, 3.8) is 0 Å². The fraction of sp³-hybridized carbons (Fsp3) is 0.176. The summed E-state index contributed by atoms with van der Waals surface area (Å²) in [5.41, 5.74) is 0.389. The molecule has 28 heavy (non-hydrogen) atoms. The fourth-order valence-corrected chi connectivity index (χ4v) is 2.27. The molecular weight excluding hydrogens is 375 g/mol. The van der Waals surface area contributed by atoms with Crippen LogP contribution in [0.5, 0.6) is 0 Å². The lowest BCUT2D eigenvalue weighted by Crippen LogP contribution is -2.33. The second kappa shape index (κ2) is 8.37. The van der Waals surface area contributed by atoms with Crippen molar-refractivity contribution >= 4 is 17.5 Å². The van der Waals surface area contributed by atoms with Crippen LogP contribution in [0.15, 0.2) is 36.8 Å². The molecule has 0 unspecified atom stereocenters. The molecule has 0 bridgehead atoms. The Kier molecular flexibility index (Phi) is 5.72. The summed E-state index contributed by atoms with van der Waals surface area (Å²) in [5.74, 6) is -3.35. The van der Waals surface area contributed by atoms with Crippen molar-refractivity contribution in [3.8, 4) is 5.82 Å². The third-order valence-corrected chi connectivity index (χ3v) is 3.61. The maximum Gasteiger partial charge on any atom is 0.319 e. The number of amides is 2. The third-order valence-electron chi connectivity index (χ3n) is 3.61. The maximum atomic E-state index is 13.5. The molecule has 0 saturated heterocycles. The molecule has 3 rings (SSSR count). The van der Waals surface area contributed by atoms with Gasteiger partial charge in [0, 0.05) is 25.4 Å². The van der Waals surface area contributed by atoms with Crippen LogP contribution in [0.4, 0.5) is 29.5 Å². The van der Waals surface area contributed by atoms with Gasteiger partial charge in [0.2, 0.25) is 0 Å². The highest BCUT2D eigenvalue weighted by molar-refractivity contribution is 5.89. The van der Waals surface area contributed by atoms with Crippen LogP contribution in [0, 0.1) is 24.4 Å². The Balaban J connectivity index is 1.48. The lowest BCUT2D eigenvalue weighted by atomic mass is 10.3. The summed E-state index contributed by atoms with van der Waals surface area (Å²) in [6.45, 7) is 2.33. The molecule has 0 spiro atoms. The van der Waals surface area contributed by atoms with Gasteiger partial charge in [-0.3, -0.25) is 0 Å². The Labute approximate surface area is 157 Å². The SMILES string of the molecule is Cc1ccn(-c2cc(NCCNC(=O)Nc3ccc(F)c(F)c3F)ncn2)n1. The minimum Gasteiger partial charge on any atom is -0.368 e. The highest BCUT2D eigenvalue weighted by atomic mass is 19.2. The van der Waals surface area contributed by atoms with E-state index in [2.05, 4.69) is 31.0 Å². The van der Waals surface area contributed by atoms with E-state index < -0.39 is 29.2 Å². The van der Waals surface area contributed by atoms with Crippen molar-refractivity contribution in [1.29, 1.82) is 0 Å². The first kappa shape index (κ1) is 19.1. The molecule has 2 aromatic heterocycles. The highest BCUT2D eigenvalue weighted by Crippen LogP contribution is 2.19. The van der Waals surface area contributed by atoms with Gasteiger partial charge < -0.3 is 16.0 Å². The van der Waals surface area contributed by atoms with E-state index in [4.69, 9.17) is 0 Å². The summed E-state index contributed by atoms with van der Waals surface area (Å²) in [4.78, 5) is 19.9. The predicted molar refractivity (Wildman–Crippen MR) is 95.7 cm³/mol. The number of carbonyl (C=O) groups is 1. The first-order valence-corrected chi connectivity index (χ1v) is 8.21. The fourth-order valence-electron chi connectivity index (χ4n) is 2.27. The number of aryl methyl sites for hydroxylation is 1. The van der Waals surface area contributed by atoms with Gasteiger partial charge in [-0.2, -0.15) is 5.10 Å². The third kappa shape index (κ3) is 4.55. The van der Waals surface area contributed by atoms with Crippen LogP contribution in [0.2, 0.25) is 0 Å². The van der Waals surface area contributed by atoms with Crippen LogP contribution >= 0.6 is 0 Å². The number of benzene rings is 1. The van der Waals surface area contributed by atoms with Crippen LogP contribution in [0.25, 0.3) is 5.82 Å². The van der Waals surface area contributed by atoms with E-state index in [-0.39, 0.29) is 6.54 Å². The first-order valence-electron chi connectivity index (χ1n) is 8.21. The Morgan fingerprint density at radius 2 is 1.93 bits per heavy atom. The quantitative estimate of drug-likeness (QED) is 0.443. The summed E-state index contributed by atoms with van der Waals surface area (Å²) < 4.78 is 41.1. The molecule has 146 valence electrons. The van der Waals surface area contributed by atoms with E-state index in [1.165, 1.54) is 6.33 Å². The van der Waals surface area contributed by atoms with Gasteiger partial charge in [-0.25, -0.2) is 32.6 Å². The number of hydrogen-bond acceptors (Lipinski definition) is 5. The number of nitrogens with one attached hydrogen (secondary N) is 3. The summed E-state index contributed by atoms with van der Waals surface area (Å²) in [6.07, 6.45) is 3.14. The molecular formula is C17H16F3N7O. The van der Waals surface area contributed by atoms with Crippen molar-refractivity contribution in [2.24, 2.45) is 0 Å². The van der Waals surface area contributed by atoms with Crippen molar-refractivity contribution in [1.82, 2.24) is 25.1 Å². The van der Waals surface area contributed by atoms with Gasteiger partial charge in [0.1, 0.15) is 12.1 Å². The van der Waals surface area contributed by atoms with Crippen molar-refractivity contribution < 1.29 is 18.0 Å². The zero-order valence-electron chi connectivity index (χ0n) is 14.7. The monoisotopic (exact) mass is 391 g/mol. The van der Waals surface area contributed by atoms with Gasteiger partial charge in [0.05, 0.1) is 11.4 Å². The summed E-state index contributed by atoms with van der Waals surface area (Å²) in [6, 6.07) is 4.42. The predicted octanol–water partition coefficient (Wildman–Crippen LogP) is 2.62. The number of anilines is 2. The zero-order chi connectivity index (χ0) is 20.1. The molecule has 0 radical (unpaired) electrons. The second-order valence-corrected chi connectivity index (χ2v) is 5.69. The van der Waals surface area contributed by atoms with Gasteiger partial charge in [-0.15, -0.1) is 0 Å². The molecule has 11 heteroatoms. The number of nitrogens with zero attached hydrogens (tertiary/aromatic N) is 4. The van der Waals surface area contributed by atoms with Crippen molar-refractivity contribution in [3.05, 3.63) is 59.9 Å². The summed E-state index contributed by atoms with van der Waals surface area (Å²) in [5, 5.41) is 11.8. The average Bonchev–Trinajstić information content (AvgIpc) is 3.12. The Morgan fingerprint density at radius 3 is 2.68 bits per heavy atom. The normalized spacial score (nSPS) is 10.6.